The van der Waals surface area contributed by atoms with Crippen molar-refractivity contribution in [2.45, 2.75) is 6.54 Å². The van der Waals surface area contributed by atoms with E-state index >= 15 is 0 Å². The summed E-state index contributed by atoms with van der Waals surface area (Å²) in [5, 5.41) is 7.40. The van der Waals surface area contributed by atoms with Crippen LogP contribution in [0.5, 0.6) is 0 Å². The molecule has 6 heteroatoms. The van der Waals surface area contributed by atoms with Crippen molar-refractivity contribution in [2.75, 3.05) is 5.32 Å². The van der Waals surface area contributed by atoms with Crippen molar-refractivity contribution in [3.63, 3.8) is 0 Å². The number of furan rings is 1. The SMILES string of the molecule is Brc1cccn2nc(NCc3ccco3)nc12. The van der Waals surface area contributed by atoms with Gasteiger partial charge in [0.2, 0.25) is 5.95 Å². The molecule has 1 N–H and O–H groups in total. The topological polar surface area (TPSA) is 55.4 Å². The molecule has 0 aliphatic rings. The lowest BCUT2D eigenvalue weighted by Gasteiger charge is -1.96. The summed E-state index contributed by atoms with van der Waals surface area (Å²) in [6.45, 7) is 0.571. The molecular weight excluding hydrogens is 284 g/mol. The monoisotopic (exact) mass is 292 g/mol. The molecule has 0 saturated heterocycles. The van der Waals surface area contributed by atoms with Crippen LogP contribution in [0.4, 0.5) is 5.95 Å². The summed E-state index contributed by atoms with van der Waals surface area (Å²) in [6, 6.07) is 7.59. The van der Waals surface area contributed by atoms with E-state index in [4.69, 9.17) is 4.42 Å². The zero-order valence-corrected chi connectivity index (χ0v) is 10.4. The summed E-state index contributed by atoms with van der Waals surface area (Å²) in [5.41, 5.74) is 0.787. The van der Waals surface area contributed by atoms with Gasteiger partial charge in [-0.3, -0.25) is 0 Å². The highest BCUT2D eigenvalue weighted by Crippen LogP contribution is 2.17. The molecular formula is C11H9BrN4O. The standard InChI is InChI=1S/C11H9BrN4O/c12-9-4-1-5-16-10(9)14-11(15-16)13-7-8-3-2-6-17-8/h1-6H,7H2,(H,13,15). The molecule has 0 atom stereocenters. The fourth-order valence-corrected chi connectivity index (χ4v) is 1.95. The number of rotatable bonds is 3. The van der Waals surface area contributed by atoms with Gasteiger partial charge in [-0.15, -0.1) is 5.10 Å². The van der Waals surface area contributed by atoms with Crippen molar-refractivity contribution in [3.05, 3.63) is 47.0 Å². The lowest BCUT2D eigenvalue weighted by molar-refractivity contribution is 0.517. The Morgan fingerprint density at radius 1 is 1.35 bits per heavy atom. The number of nitrogens with zero attached hydrogens (tertiary/aromatic N) is 3. The minimum absolute atomic E-state index is 0.571. The fourth-order valence-electron chi connectivity index (χ4n) is 1.53. The Hall–Kier alpha value is -1.82. The van der Waals surface area contributed by atoms with E-state index < -0.39 is 0 Å². The number of anilines is 1. The summed E-state index contributed by atoms with van der Waals surface area (Å²) >= 11 is 3.43. The van der Waals surface area contributed by atoms with Gasteiger partial charge in [0.1, 0.15) is 5.76 Å². The molecule has 0 unspecified atom stereocenters. The highest BCUT2D eigenvalue weighted by molar-refractivity contribution is 9.10. The van der Waals surface area contributed by atoms with Crippen LogP contribution in [0.25, 0.3) is 5.65 Å². The number of aromatic nitrogens is 3. The van der Waals surface area contributed by atoms with E-state index in [9.17, 15) is 0 Å². The quantitative estimate of drug-likeness (QED) is 0.806. The van der Waals surface area contributed by atoms with Gasteiger partial charge < -0.3 is 9.73 Å². The maximum atomic E-state index is 5.22. The van der Waals surface area contributed by atoms with Gasteiger partial charge in [0, 0.05) is 6.20 Å². The van der Waals surface area contributed by atoms with E-state index in [1.165, 1.54) is 0 Å². The molecule has 0 amide bonds. The first-order valence-electron chi connectivity index (χ1n) is 5.10. The molecule has 0 spiro atoms. The number of hydrogen-bond donors (Lipinski definition) is 1. The van der Waals surface area contributed by atoms with E-state index in [0.717, 1.165) is 15.9 Å². The predicted molar refractivity (Wildman–Crippen MR) is 66.7 cm³/mol. The molecule has 3 rings (SSSR count). The number of fused-ring (bicyclic) bond motifs is 1. The summed E-state index contributed by atoms with van der Waals surface area (Å²) < 4.78 is 7.85. The second-order valence-electron chi connectivity index (χ2n) is 3.49. The van der Waals surface area contributed by atoms with Crippen LogP contribution < -0.4 is 5.32 Å². The maximum absolute atomic E-state index is 5.22. The number of hydrogen-bond acceptors (Lipinski definition) is 4. The molecule has 0 aliphatic carbocycles. The summed E-state index contributed by atoms with van der Waals surface area (Å²) in [4.78, 5) is 4.36. The highest BCUT2D eigenvalue weighted by Gasteiger charge is 2.06. The predicted octanol–water partition coefficient (Wildman–Crippen LogP) is 2.70. The van der Waals surface area contributed by atoms with Crippen molar-refractivity contribution in [1.29, 1.82) is 0 Å². The van der Waals surface area contributed by atoms with E-state index in [2.05, 4.69) is 31.3 Å². The lowest BCUT2D eigenvalue weighted by atomic mass is 10.4. The van der Waals surface area contributed by atoms with E-state index in [1.54, 1.807) is 10.8 Å². The fraction of sp³-hybridized carbons (Fsp3) is 0.0909. The smallest absolute Gasteiger partial charge is 0.243 e. The zero-order valence-electron chi connectivity index (χ0n) is 8.80. The first-order chi connectivity index (χ1) is 8.33. The molecule has 0 fully saturated rings. The van der Waals surface area contributed by atoms with Crippen LogP contribution >= 0.6 is 15.9 Å². The second-order valence-corrected chi connectivity index (χ2v) is 4.35. The molecule has 3 heterocycles. The van der Waals surface area contributed by atoms with Crippen molar-refractivity contribution >= 4 is 27.5 Å². The van der Waals surface area contributed by atoms with Crippen LogP contribution in [-0.4, -0.2) is 14.6 Å². The number of halogens is 1. The van der Waals surface area contributed by atoms with Crippen molar-refractivity contribution in [1.82, 2.24) is 14.6 Å². The van der Waals surface area contributed by atoms with Crippen LogP contribution in [0.3, 0.4) is 0 Å². The Morgan fingerprint density at radius 3 is 3.06 bits per heavy atom. The lowest BCUT2D eigenvalue weighted by Crippen LogP contribution is -1.99. The largest absolute Gasteiger partial charge is 0.467 e. The van der Waals surface area contributed by atoms with Gasteiger partial charge in [-0.05, 0) is 40.2 Å². The number of pyridine rings is 1. The molecule has 3 aromatic heterocycles. The first kappa shape index (κ1) is 10.3. The van der Waals surface area contributed by atoms with Gasteiger partial charge in [-0.25, -0.2) is 4.52 Å². The minimum atomic E-state index is 0.571. The van der Waals surface area contributed by atoms with Gasteiger partial charge in [0.15, 0.2) is 5.65 Å². The van der Waals surface area contributed by atoms with E-state index in [1.807, 2.05) is 30.5 Å². The molecule has 0 saturated carbocycles. The molecule has 0 aliphatic heterocycles. The Bertz CT molecular complexity index is 632. The zero-order chi connectivity index (χ0) is 11.7. The van der Waals surface area contributed by atoms with Crippen molar-refractivity contribution < 1.29 is 4.42 Å². The van der Waals surface area contributed by atoms with Gasteiger partial charge in [-0.1, -0.05) is 0 Å². The maximum Gasteiger partial charge on any atom is 0.243 e. The summed E-state index contributed by atoms with van der Waals surface area (Å²) in [6.07, 6.45) is 3.50. The molecule has 5 nitrogen and oxygen atoms in total. The first-order valence-corrected chi connectivity index (χ1v) is 5.89. The third-order valence-electron chi connectivity index (χ3n) is 2.32. The number of nitrogens with one attached hydrogen (secondary N) is 1. The Morgan fingerprint density at radius 2 is 2.29 bits per heavy atom. The molecule has 0 aromatic carbocycles. The molecule has 0 radical (unpaired) electrons. The van der Waals surface area contributed by atoms with Crippen molar-refractivity contribution in [3.8, 4) is 0 Å². The normalized spacial score (nSPS) is 10.9. The third kappa shape index (κ3) is 2.03. The molecule has 17 heavy (non-hydrogen) atoms. The van der Waals surface area contributed by atoms with Gasteiger partial charge in [0.05, 0.1) is 17.3 Å². The van der Waals surface area contributed by atoms with Gasteiger partial charge >= 0.3 is 0 Å². The average molecular weight is 293 g/mol. The Kier molecular flexibility index (Phi) is 2.56. The summed E-state index contributed by atoms with van der Waals surface area (Å²) in [5.74, 6) is 1.43. The van der Waals surface area contributed by atoms with Crippen LogP contribution in [0.15, 0.2) is 45.6 Å². The Labute approximate surface area is 106 Å². The Balaban J connectivity index is 1.84. The summed E-state index contributed by atoms with van der Waals surface area (Å²) in [7, 11) is 0. The van der Waals surface area contributed by atoms with E-state index in [-0.39, 0.29) is 0 Å². The minimum Gasteiger partial charge on any atom is -0.467 e. The van der Waals surface area contributed by atoms with Gasteiger partial charge in [-0.2, -0.15) is 4.98 Å². The highest BCUT2D eigenvalue weighted by atomic mass is 79.9. The molecule has 86 valence electrons. The van der Waals surface area contributed by atoms with Crippen LogP contribution in [0.2, 0.25) is 0 Å². The van der Waals surface area contributed by atoms with Gasteiger partial charge in [0.25, 0.3) is 0 Å². The van der Waals surface area contributed by atoms with Crippen LogP contribution in [0, 0.1) is 0 Å². The third-order valence-corrected chi connectivity index (χ3v) is 2.93. The van der Waals surface area contributed by atoms with E-state index in [0.29, 0.717) is 12.5 Å². The second kappa shape index (κ2) is 4.21. The van der Waals surface area contributed by atoms with Crippen molar-refractivity contribution in [2.24, 2.45) is 0 Å². The molecule has 3 aromatic rings. The average Bonchev–Trinajstić information content (AvgIpc) is 2.95. The van der Waals surface area contributed by atoms with Crippen LogP contribution in [-0.2, 0) is 6.54 Å². The molecule has 0 bridgehead atoms. The van der Waals surface area contributed by atoms with Crippen LogP contribution in [0.1, 0.15) is 5.76 Å².